The van der Waals surface area contributed by atoms with Crippen molar-refractivity contribution < 1.29 is 20.4 Å². The molecule has 0 amide bonds. The molecule has 1 aromatic heterocycles. The lowest BCUT2D eigenvalue weighted by Gasteiger charge is -2.17. The molecule has 1 atom stereocenters. The summed E-state index contributed by atoms with van der Waals surface area (Å²) in [7, 11) is 0. The van der Waals surface area contributed by atoms with Crippen molar-refractivity contribution in [1.82, 2.24) is 10.3 Å². The number of nitrogens with one attached hydrogen (secondary N) is 1. The third-order valence-electron chi connectivity index (χ3n) is 2.25. The highest BCUT2D eigenvalue weighted by Gasteiger charge is 2.18. The van der Waals surface area contributed by atoms with Gasteiger partial charge in [0.2, 0.25) is 0 Å². The molecule has 0 aliphatic carbocycles. The highest BCUT2D eigenvalue weighted by atomic mass is 16.3. The highest BCUT2D eigenvalue weighted by Crippen LogP contribution is 2.28. The van der Waals surface area contributed by atoms with Gasteiger partial charge in [0.1, 0.15) is 12.0 Å². The number of aliphatic hydroxyl groups is 3. The van der Waals surface area contributed by atoms with E-state index < -0.39 is 6.23 Å². The largest absolute Gasteiger partial charge is 0.506 e. The molecule has 6 nitrogen and oxygen atoms in total. The summed E-state index contributed by atoms with van der Waals surface area (Å²) in [5.74, 6) is -0.149. The first kappa shape index (κ1) is 12.9. The van der Waals surface area contributed by atoms with Crippen molar-refractivity contribution in [3.8, 4) is 5.75 Å². The first-order chi connectivity index (χ1) is 7.61. The van der Waals surface area contributed by atoms with E-state index in [2.05, 4.69) is 10.3 Å². The van der Waals surface area contributed by atoms with E-state index in [0.717, 1.165) is 0 Å². The molecular formula is C10H16N2O4. The Hall–Kier alpha value is -1.21. The molecule has 1 heterocycles. The molecule has 0 fully saturated rings. The number of rotatable bonds is 5. The first-order valence-electron chi connectivity index (χ1n) is 4.92. The number of aromatic hydroxyl groups is 1. The predicted octanol–water partition coefficient (Wildman–Crippen LogP) is -0.839. The molecule has 5 N–H and O–H groups in total. The van der Waals surface area contributed by atoms with Crippen LogP contribution in [0, 0.1) is 6.92 Å². The zero-order chi connectivity index (χ0) is 12.1. The van der Waals surface area contributed by atoms with E-state index in [1.54, 1.807) is 6.92 Å². The van der Waals surface area contributed by atoms with Gasteiger partial charge in [-0.15, -0.1) is 0 Å². The van der Waals surface area contributed by atoms with Gasteiger partial charge in [0.05, 0.1) is 18.9 Å². The third kappa shape index (κ3) is 2.67. The minimum Gasteiger partial charge on any atom is -0.506 e. The zero-order valence-electron chi connectivity index (χ0n) is 9.01. The molecule has 90 valence electrons. The van der Waals surface area contributed by atoms with Gasteiger partial charge in [-0.3, -0.25) is 10.3 Å². The van der Waals surface area contributed by atoms with Gasteiger partial charge in [0, 0.05) is 23.9 Å². The van der Waals surface area contributed by atoms with Crippen LogP contribution in [0.2, 0.25) is 0 Å². The van der Waals surface area contributed by atoms with Crippen molar-refractivity contribution >= 4 is 0 Å². The van der Waals surface area contributed by atoms with Crippen LogP contribution in [0.4, 0.5) is 0 Å². The van der Waals surface area contributed by atoms with E-state index in [1.807, 2.05) is 0 Å². The van der Waals surface area contributed by atoms with Crippen LogP contribution in [-0.2, 0) is 6.61 Å². The van der Waals surface area contributed by atoms with Crippen molar-refractivity contribution in [2.75, 3.05) is 13.2 Å². The lowest BCUT2D eigenvalue weighted by molar-refractivity contribution is 0.123. The summed E-state index contributed by atoms with van der Waals surface area (Å²) in [5, 5.41) is 39.8. The van der Waals surface area contributed by atoms with Crippen molar-refractivity contribution in [2.45, 2.75) is 19.8 Å². The van der Waals surface area contributed by atoms with Crippen LogP contribution in [0.3, 0.4) is 0 Å². The van der Waals surface area contributed by atoms with Gasteiger partial charge >= 0.3 is 0 Å². The summed E-state index contributed by atoms with van der Waals surface area (Å²) in [6.07, 6.45) is 0.254. The average Bonchev–Trinajstić information content (AvgIpc) is 2.29. The monoisotopic (exact) mass is 228 g/mol. The number of aliphatic hydroxyl groups excluding tert-OH is 3. The summed E-state index contributed by atoms with van der Waals surface area (Å²) in [4.78, 5) is 3.87. The van der Waals surface area contributed by atoms with Gasteiger partial charge in [-0.2, -0.15) is 0 Å². The summed E-state index contributed by atoms with van der Waals surface area (Å²) in [6.45, 7) is 1.33. The van der Waals surface area contributed by atoms with Crippen LogP contribution < -0.4 is 5.32 Å². The Bertz CT molecular complexity index is 357. The second-order valence-corrected chi connectivity index (χ2v) is 3.37. The Morgan fingerprint density at radius 2 is 2.12 bits per heavy atom. The maximum atomic E-state index is 9.75. The van der Waals surface area contributed by atoms with E-state index in [-0.39, 0.29) is 31.1 Å². The van der Waals surface area contributed by atoms with Gasteiger partial charge in [-0.25, -0.2) is 0 Å². The molecule has 1 unspecified atom stereocenters. The van der Waals surface area contributed by atoms with Crippen LogP contribution in [0.25, 0.3) is 0 Å². The minimum absolute atomic E-state index is 0.129. The molecular weight excluding hydrogens is 212 g/mol. The molecule has 0 radical (unpaired) electrons. The van der Waals surface area contributed by atoms with Gasteiger partial charge in [-0.05, 0) is 6.92 Å². The van der Waals surface area contributed by atoms with Gasteiger partial charge in [0.25, 0.3) is 0 Å². The summed E-state index contributed by atoms with van der Waals surface area (Å²) < 4.78 is 0. The second kappa shape index (κ2) is 5.76. The Morgan fingerprint density at radius 3 is 2.69 bits per heavy atom. The lowest BCUT2D eigenvalue weighted by atomic mass is 10.1. The quantitative estimate of drug-likeness (QED) is 0.421. The standard InChI is InChI=1S/C10H16N2O4/c1-6-9(15)8(7(5-14)4-12-6)10(16)11-2-3-13/h4,10-11,13-16H,2-3,5H2,1H3. The molecule has 6 heteroatoms. The molecule has 0 bridgehead atoms. The molecule has 0 aliphatic heterocycles. The first-order valence-corrected chi connectivity index (χ1v) is 4.92. The number of aryl methyl sites for hydroxylation is 1. The Labute approximate surface area is 93.2 Å². The lowest BCUT2D eigenvalue weighted by Crippen LogP contribution is -2.25. The van der Waals surface area contributed by atoms with E-state index in [1.165, 1.54) is 6.20 Å². The van der Waals surface area contributed by atoms with E-state index in [4.69, 9.17) is 10.2 Å². The van der Waals surface area contributed by atoms with Gasteiger partial charge in [0.15, 0.2) is 0 Å². The number of hydrogen-bond acceptors (Lipinski definition) is 6. The SMILES string of the molecule is Cc1ncc(CO)c(C(O)NCCO)c1O. The van der Waals surface area contributed by atoms with Crippen molar-refractivity contribution in [2.24, 2.45) is 0 Å². The smallest absolute Gasteiger partial charge is 0.144 e. The van der Waals surface area contributed by atoms with Crippen LogP contribution in [0.1, 0.15) is 23.0 Å². The number of nitrogens with zero attached hydrogens (tertiary/aromatic N) is 1. The fourth-order valence-corrected chi connectivity index (χ4v) is 1.39. The van der Waals surface area contributed by atoms with Crippen LogP contribution in [0.15, 0.2) is 6.20 Å². The average molecular weight is 228 g/mol. The maximum absolute atomic E-state index is 9.75. The second-order valence-electron chi connectivity index (χ2n) is 3.37. The fraction of sp³-hybridized carbons (Fsp3) is 0.500. The highest BCUT2D eigenvalue weighted by molar-refractivity contribution is 5.41. The predicted molar refractivity (Wildman–Crippen MR) is 56.6 cm³/mol. The summed E-state index contributed by atoms with van der Waals surface area (Å²) >= 11 is 0. The van der Waals surface area contributed by atoms with Crippen LogP contribution >= 0.6 is 0 Å². The Kier molecular flexibility index (Phi) is 4.63. The maximum Gasteiger partial charge on any atom is 0.144 e. The summed E-state index contributed by atoms with van der Waals surface area (Å²) in [6, 6.07) is 0. The molecule has 0 aromatic carbocycles. The van der Waals surface area contributed by atoms with Crippen molar-refractivity contribution in [1.29, 1.82) is 0 Å². The molecule has 16 heavy (non-hydrogen) atoms. The van der Waals surface area contributed by atoms with Gasteiger partial charge in [-0.1, -0.05) is 0 Å². The van der Waals surface area contributed by atoms with Crippen molar-refractivity contribution in [3.05, 3.63) is 23.0 Å². The zero-order valence-corrected chi connectivity index (χ0v) is 9.01. The normalized spacial score (nSPS) is 12.8. The van der Waals surface area contributed by atoms with E-state index in [0.29, 0.717) is 11.3 Å². The molecule has 1 aromatic rings. The van der Waals surface area contributed by atoms with Crippen LogP contribution in [-0.4, -0.2) is 38.6 Å². The Balaban J connectivity index is 3.03. The molecule has 1 rings (SSSR count). The van der Waals surface area contributed by atoms with E-state index in [9.17, 15) is 10.2 Å². The third-order valence-corrected chi connectivity index (χ3v) is 2.25. The summed E-state index contributed by atoms with van der Waals surface area (Å²) in [5.41, 5.74) is 0.918. The Morgan fingerprint density at radius 1 is 1.44 bits per heavy atom. The van der Waals surface area contributed by atoms with E-state index >= 15 is 0 Å². The fourth-order valence-electron chi connectivity index (χ4n) is 1.39. The number of hydrogen-bond donors (Lipinski definition) is 5. The van der Waals surface area contributed by atoms with Crippen molar-refractivity contribution in [3.63, 3.8) is 0 Å². The topological polar surface area (TPSA) is 106 Å². The number of aromatic nitrogens is 1. The number of pyridine rings is 1. The molecule has 0 spiro atoms. The molecule has 0 saturated heterocycles. The molecule has 0 saturated carbocycles. The van der Waals surface area contributed by atoms with Crippen LogP contribution in [0.5, 0.6) is 5.75 Å². The minimum atomic E-state index is -1.14. The molecule has 0 aliphatic rings. The van der Waals surface area contributed by atoms with Gasteiger partial charge < -0.3 is 20.4 Å².